The highest BCUT2D eigenvalue weighted by atomic mass is 32.5. The fourth-order valence-corrected chi connectivity index (χ4v) is 8.33. The number of carbonyl (C=O) groups is 1. The van der Waals surface area contributed by atoms with Gasteiger partial charge < -0.3 is 30.2 Å². The zero-order valence-corrected chi connectivity index (χ0v) is 28.2. The van der Waals surface area contributed by atoms with Crippen LogP contribution in [0.3, 0.4) is 0 Å². The lowest BCUT2D eigenvalue weighted by atomic mass is 9.97. The minimum absolute atomic E-state index is 0.0513. The maximum Gasteiger partial charge on any atom is 0.323 e. The molecule has 1 saturated heterocycles. The van der Waals surface area contributed by atoms with Gasteiger partial charge in [-0.1, -0.05) is 57.2 Å². The lowest BCUT2D eigenvalue weighted by molar-refractivity contribution is -0.155. The summed E-state index contributed by atoms with van der Waals surface area (Å²) >= 11 is 5.82. The Hall–Kier alpha value is -3.53. The molecule has 252 valence electrons. The molecule has 47 heavy (non-hydrogen) atoms. The molecule has 2 aromatic carbocycles. The van der Waals surface area contributed by atoms with E-state index in [4.69, 9.17) is 36.1 Å². The van der Waals surface area contributed by atoms with Crippen LogP contribution in [-0.2, 0) is 30.6 Å². The van der Waals surface area contributed by atoms with Crippen LogP contribution >= 0.6 is 6.64 Å². The normalized spacial score (nSPS) is 28.9. The number of alkyl halides is 2. The average Bonchev–Trinajstić information content (AvgIpc) is 3.23. The molecule has 17 heteroatoms. The second kappa shape index (κ2) is 11.3. The van der Waals surface area contributed by atoms with Crippen molar-refractivity contribution in [2.24, 2.45) is 5.41 Å². The molecule has 0 radical (unpaired) electrons. The number of aromatic nitrogens is 4. The second-order valence-electron chi connectivity index (χ2n) is 13.0. The Balaban J connectivity index is 1.32. The Morgan fingerprint density at radius 2 is 1.94 bits per heavy atom. The van der Waals surface area contributed by atoms with Crippen molar-refractivity contribution in [3.05, 3.63) is 48.8 Å². The van der Waals surface area contributed by atoms with E-state index in [1.165, 1.54) is 13.3 Å². The van der Waals surface area contributed by atoms with Gasteiger partial charge in [-0.2, -0.15) is 9.97 Å². The molecular formula is C30H36F2N7O6PS. The smallest absolute Gasteiger partial charge is 0.323 e. The van der Waals surface area contributed by atoms with E-state index in [-0.39, 0.29) is 40.7 Å². The SMILES string of the molecule is CNc1nc(N)nc2c1ncn2[C@@H]1O[C@]2(F)C(O[P@@](=S)(N[C@@H](C)C(=O)OCC(C)(C)C)Oc3cccc4ccccc34)[C@]2(O)[C@@]1(C)F. The van der Waals surface area contributed by atoms with Crippen LogP contribution in [0.1, 0.15) is 40.8 Å². The van der Waals surface area contributed by atoms with Gasteiger partial charge in [-0.3, -0.25) is 13.9 Å². The van der Waals surface area contributed by atoms with E-state index >= 15 is 8.78 Å². The van der Waals surface area contributed by atoms with Crippen LogP contribution < -0.4 is 20.7 Å². The van der Waals surface area contributed by atoms with Gasteiger partial charge in [0.15, 0.2) is 40.6 Å². The number of ether oxygens (including phenoxy) is 2. The highest BCUT2D eigenvalue weighted by Crippen LogP contribution is 2.73. The molecule has 0 spiro atoms. The van der Waals surface area contributed by atoms with Gasteiger partial charge in [-0.25, -0.2) is 18.9 Å². The highest BCUT2D eigenvalue weighted by Gasteiger charge is 2.96. The first-order valence-corrected chi connectivity index (χ1v) is 17.4. The molecule has 2 fully saturated rings. The maximum absolute atomic E-state index is 16.8. The zero-order chi connectivity index (χ0) is 34.2. The first-order chi connectivity index (χ1) is 21.9. The summed E-state index contributed by atoms with van der Waals surface area (Å²) in [7, 11) is 1.59. The van der Waals surface area contributed by atoms with Crippen molar-refractivity contribution in [3.63, 3.8) is 0 Å². The van der Waals surface area contributed by atoms with Gasteiger partial charge in [0.05, 0.1) is 12.9 Å². The number of rotatable bonds is 10. The molecule has 2 aromatic heterocycles. The number of halogens is 2. The Kier molecular flexibility index (Phi) is 8.01. The number of nitrogens with zero attached hydrogens (tertiary/aromatic N) is 4. The third kappa shape index (κ3) is 5.50. The number of nitrogens with one attached hydrogen (secondary N) is 2. The highest BCUT2D eigenvalue weighted by molar-refractivity contribution is 8.09. The van der Waals surface area contributed by atoms with Crippen LogP contribution in [0.2, 0.25) is 0 Å². The third-order valence-electron chi connectivity index (χ3n) is 8.14. The molecule has 1 aliphatic heterocycles. The predicted octanol–water partition coefficient (Wildman–Crippen LogP) is 4.53. The lowest BCUT2D eigenvalue weighted by Crippen LogP contribution is -2.45. The summed E-state index contributed by atoms with van der Waals surface area (Å²) in [5, 5.41) is 18.8. The fourth-order valence-electron chi connectivity index (χ4n) is 5.64. The van der Waals surface area contributed by atoms with E-state index in [1.807, 2.05) is 39.0 Å². The molecule has 0 bridgehead atoms. The number of aliphatic hydroxyl groups is 1. The van der Waals surface area contributed by atoms with Crippen LogP contribution in [0.25, 0.3) is 21.9 Å². The van der Waals surface area contributed by atoms with E-state index in [2.05, 4.69) is 25.4 Å². The van der Waals surface area contributed by atoms with Crippen LogP contribution in [-0.4, -0.2) is 73.5 Å². The van der Waals surface area contributed by atoms with E-state index < -0.39 is 48.1 Å². The van der Waals surface area contributed by atoms with Crippen molar-refractivity contribution in [1.29, 1.82) is 0 Å². The molecule has 5 N–H and O–H groups in total. The maximum atomic E-state index is 16.8. The molecule has 4 aromatic rings. The van der Waals surface area contributed by atoms with Gasteiger partial charge in [0, 0.05) is 12.4 Å². The molecule has 3 heterocycles. The van der Waals surface area contributed by atoms with Gasteiger partial charge in [-0.05, 0) is 42.5 Å². The number of fused-ring (bicyclic) bond motifs is 3. The molecule has 1 aliphatic carbocycles. The van der Waals surface area contributed by atoms with Crippen molar-refractivity contribution in [3.8, 4) is 5.75 Å². The van der Waals surface area contributed by atoms with Gasteiger partial charge >= 0.3 is 12.6 Å². The summed E-state index contributed by atoms with van der Waals surface area (Å²) in [4.78, 5) is 25.3. The molecule has 6 rings (SSSR count). The first kappa shape index (κ1) is 33.4. The van der Waals surface area contributed by atoms with Crippen LogP contribution in [0.15, 0.2) is 48.8 Å². The van der Waals surface area contributed by atoms with E-state index in [0.29, 0.717) is 5.39 Å². The Morgan fingerprint density at radius 3 is 2.60 bits per heavy atom. The van der Waals surface area contributed by atoms with Crippen molar-refractivity contribution in [2.45, 2.75) is 70.1 Å². The van der Waals surface area contributed by atoms with Crippen molar-refractivity contribution in [1.82, 2.24) is 24.6 Å². The third-order valence-corrected chi connectivity index (χ3v) is 10.6. The number of hydrogen-bond acceptors (Lipinski definition) is 12. The molecule has 13 nitrogen and oxygen atoms in total. The van der Waals surface area contributed by atoms with Gasteiger partial charge in [0.2, 0.25) is 5.95 Å². The topological polar surface area (TPSA) is 168 Å². The van der Waals surface area contributed by atoms with Crippen molar-refractivity contribution < 1.29 is 37.2 Å². The number of hydrogen-bond donors (Lipinski definition) is 4. The van der Waals surface area contributed by atoms with Gasteiger partial charge in [0.25, 0.3) is 5.85 Å². The minimum Gasteiger partial charge on any atom is -0.464 e. The monoisotopic (exact) mass is 691 g/mol. The van der Waals surface area contributed by atoms with Crippen LogP contribution in [0.4, 0.5) is 20.5 Å². The average molecular weight is 692 g/mol. The fraction of sp³-hybridized carbons (Fsp3) is 0.467. The Bertz CT molecular complexity index is 1920. The number of nitrogen functional groups attached to an aromatic ring is 1. The molecule has 7 atom stereocenters. The second-order valence-corrected chi connectivity index (χ2v) is 16.1. The Morgan fingerprint density at radius 1 is 1.23 bits per heavy atom. The molecule has 2 aliphatic rings. The summed E-state index contributed by atoms with van der Waals surface area (Å²) in [5.41, 5.74) is 0.121. The van der Waals surface area contributed by atoms with Crippen LogP contribution in [0.5, 0.6) is 5.75 Å². The van der Waals surface area contributed by atoms with Crippen molar-refractivity contribution in [2.75, 3.05) is 24.7 Å². The molecule has 0 amide bonds. The number of benzene rings is 2. The number of carbonyl (C=O) groups excluding carboxylic acids is 1. The number of esters is 1. The summed E-state index contributed by atoms with van der Waals surface area (Å²) in [6.07, 6.45) is -2.50. The Labute approximate surface area is 274 Å². The summed E-state index contributed by atoms with van der Waals surface area (Å²) < 4.78 is 57.8. The van der Waals surface area contributed by atoms with E-state index in [0.717, 1.165) is 16.9 Å². The summed E-state index contributed by atoms with van der Waals surface area (Å²) in [6.45, 7) is 4.31. The predicted molar refractivity (Wildman–Crippen MR) is 174 cm³/mol. The number of anilines is 2. The minimum atomic E-state index is -3.97. The quantitative estimate of drug-likeness (QED) is 0.135. The van der Waals surface area contributed by atoms with Gasteiger partial charge in [-0.15, -0.1) is 0 Å². The standard InChI is InChI=1S/C30H36F2N7O6PS/c1-16(23(40)42-14-27(2,3)4)38-46(47,44-19-13-9-11-17-10-7-8-12-18(17)19)45-24-29(41)28(5,31)25(43-30(24,29)32)39-15-35-20-21(34-6)36-26(33)37-22(20)39/h7-13,15-16,24-25,41H,14H2,1-6H3,(H,38,47)(H3,33,34,36,37)/t16-,24?,25+,28-,29-,30+,46+/m0/s1. The largest absolute Gasteiger partial charge is 0.464 e. The van der Waals surface area contributed by atoms with Gasteiger partial charge in [0.1, 0.15) is 11.8 Å². The lowest BCUT2D eigenvalue weighted by Gasteiger charge is -2.32. The van der Waals surface area contributed by atoms with Crippen molar-refractivity contribution >= 4 is 58.1 Å². The number of nitrogens with two attached hydrogens (primary N) is 1. The molecular weight excluding hydrogens is 655 g/mol. The van der Waals surface area contributed by atoms with E-state index in [9.17, 15) is 9.90 Å². The van der Waals surface area contributed by atoms with Crippen LogP contribution in [0, 0.1) is 5.41 Å². The summed E-state index contributed by atoms with van der Waals surface area (Å²) in [5.74, 6) is -3.35. The molecule has 1 unspecified atom stereocenters. The zero-order valence-electron chi connectivity index (χ0n) is 26.5. The molecule has 1 saturated carbocycles. The summed E-state index contributed by atoms with van der Waals surface area (Å²) in [6, 6.07) is 11.4. The number of imidazole rings is 1. The van der Waals surface area contributed by atoms with E-state index in [1.54, 1.807) is 31.3 Å². The first-order valence-electron chi connectivity index (χ1n) is 14.8.